The van der Waals surface area contributed by atoms with E-state index in [1.54, 1.807) is 24.2 Å². The molecule has 1 amide bonds. The van der Waals surface area contributed by atoms with Gasteiger partial charge in [-0.2, -0.15) is 4.99 Å². The number of pyridine rings is 1. The van der Waals surface area contributed by atoms with E-state index in [9.17, 15) is 4.79 Å². The van der Waals surface area contributed by atoms with Crippen molar-refractivity contribution in [3.05, 3.63) is 59.4 Å². The number of hydrogen-bond donors (Lipinski definition) is 1. The molecular formula is C18H15ClN4OS. The maximum atomic E-state index is 12.7. The van der Waals surface area contributed by atoms with Crippen molar-refractivity contribution in [1.29, 1.82) is 0 Å². The second-order valence-electron chi connectivity index (χ2n) is 5.61. The molecule has 3 heterocycles. The summed E-state index contributed by atoms with van der Waals surface area (Å²) in [7, 11) is 0. The predicted octanol–water partition coefficient (Wildman–Crippen LogP) is 4.36. The van der Waals surface area contributed by atoms with Crippen molar-refractivity contribution >= 4 is 51.2 Å². The van der Waals surface area contributed by atoms with E-state index in [-0.39, 0.29) is 5.91 Å². The third kappa shape index (κ3) is 3.15. The van der Waals surface area contributed by atoms with Crippen LogP contribution in [0.25, 0.3) is 11.0 Å². The molecule has 1 N–H and O–H groups in total. The van der Waals surface area contributed by atoms with E-state index in [0.717, 1.165) is 29.8 Å². The number of anilines is 1. The lowest BCUT2D eigenvalue weighted by molar-refractivity contribution is 0.100. The monoisotopic (exact) mass is 370 g/mol. The molecule has 0 bridgehead atoms. The average molecular weight is 371 g/mol. The molecule has 0 saturated carbocycles. The molecule has 1 aromatic carbocycles. The summed E-state index contributed by atoms with van der Waals surface area (Å²) in [5.41, 5.74) is 2.09. The van der Waals surface area contributed by atoms with Gasteiger partial charge in [0.2, 0.25) is 0 Å². The van der Waals surface area contributed by atoms with Gasteiger partial charge in [-0.15, -0.1) is 0 Å². The van der Waals surface area contributed by atoms with E-state index >= 15 is 0 Å². The van der Waals surface area contributed by atoms with Crippen LogP contribution in [0.5, 0.6) is 0 Å². The normalized spacial score (nSPS) is 16.5. The van der Waals surface area contributed by atoms with Crippen molar-refractivity contribution in [2.45, 2.75) is 6.42 Å². The van der Waals surface area contributed by atoms with E-state index in [4.69, 9.17) is 11.6 Å². The molecule has 0 atom stereocenters. The van der Waals surface area contributed by atoms with Gasteiger partial charge in [0, 0.05) is 30.1 Å². The number of amidine groups is 1. The lowest BCUT2D eigenvalue weighted by Gasteiger charge is -2.30. The molecule has 1 aliphatic heterocycles. The number of carbonyl (C=O) groups is 1. The van der Waals surface area contributed by atoms with Crippen molar-refractivity contribution in [3.8, 4) is 0 Å². The number of halogens is 1. The number of H-pyrrole nitrogens is 1. The highest BCUT2D eigenvalue weighted by molar-refractivity contribution is 8.14. The number of aromatic amines is 1. The molecule has 0 spiro atoms. The minimum atomic E-state index is -0.277. The number of carbonyl (C=O) groups excluding carboxylic acids is 1. The maximum absolute atomic E-state index is 12.7. The van der Waals surface area contributed by atoms with Crippen LogP contribution < -0.4 is 4.90 Å². The van der Waals surface area contributed by atoms with E-state index in [1.807, 2.05) is 41.3 Å². The Morgan fingerprint density at radius 3 is 3.04 bits per heavy atom. The largest absolute Gasteiger partial charge is 0.345 e. The molecule has 1 aliphatic rings. The number of amides is 1. The van der Waals surface area contributed by atoms with Crippen LogP contribution in [0.2, 0.25) is 5.02 Å². The number of thioether (sulfide) groups is 1. The Morgan fingerprint density at radius 2 is 2.16 bits per heavy atom. The van der Waals surface area contributed by atoms with Gasteiger partial charge in [0.05, 0.1) is 16.3 Å². The van der Waals surface area contributed by atoms with Crippen LogP contribution in [-0.4, -0.2) is 33.3 Å². The van der Waals surface area contributed by atoms with Gasteiger partial charge >= 0.3 is 0 Å². The number of rotatable bonds is 2. The average Bonchev–Trinajstić information content (AvgIpc) is 3.07. The van der Waals surface area contributed by atoms with E-state index in [0.29, 0.717) is 21.4 Å². The van der Waals surface area contributed by atoms with Gasteiger partial charge < -0.3 is 9.88 Å². The van der Waals surface area contributed by atoms with Crippen LogP contribution in [0.3, 0.4) is 0 Å². The molecule has 0 unspecified atom stereocenters. The third-order valence-electron chi connectivity index (χ3n) is 4.01. The van der Waals surface area contributed by atoms with E-state index < -0.39 is 0 Å². The third-order valence-corrected chi connectivity index (χ3v) is 5.39. The number of hydrogen-bond acceptors (Lipinski definition) is 3. The highest BCUT2D eigenvalue weighted by atomic mass is 35.5. The molecule has 1 saturated heterocycles. The van der Waals surface area contributed by atoms with Crippen molar-refractivity contribution in [2.75, 3.05) is 17.2 Å². The Hall–Kier alpha value is -2.31. The van der Waals surface area contributed by atoms with Crippen molar-refractivity contribution in [3.63, 3.8) is 0 Å². The molecule has 3 aromatic rings. The van der Waals surface area contributed by atoms with E-state index in [1.165, 1.54) is 0 Å². The molecule has 4 rings (SSSR count). The highest BCUT2D eigenvalue weighted by Gasteiger charge is 2.23. The Morgan fingerprint density at radius 1 is 1.28 bits per heavy atom. The first kappa shape index (κ1) is 16.2. The summed E-state index contributed by atoms with van der Waals surface area (Å²) >= 11 is 7.91. The van der Waals surface area contributed by atoms with Crippen molar-refractivity contribution in [1.82, 2.24) is 9.97 Å². The molecule has 0 radical (unpaired) electrons. The molecule has 1 fully saturated rings. The van der Waals surface area contributed by atoms with Gasteiger partial charge in [0.1, 0.15) is 5.65 Å². The summed E-state index contributed by atoms with van der Waals surface area (Å²) in [6, 6.07) is 11.3. The van der Waals surface area contributed by atoms with Crippen LogP contribution in [0.15, 0.2) is 53.8 Å². The number of aliphatic imine (C=N–C) groups is 1. The number of fused-ring (bicyclic) bond motifs is 1. The van der Waals surface area contributed by atoms with Crippen LogP contribution >= 0.6 is 23.4 Å². The summed E-state index contributed by atoms with van der Waals surface area (Å²) in [6.45, 7) is 0.790. The Balaban J connectivity index is 1.70. The second-order valence-corrected chi connectivity index (χ2v) is 7.08. The van der Waals surface area contributed by atoms with Crippen molar-refractivity contribution < 1.29 is 4.79 Å². The van der Waals surface area contributed by atoms with Gasteiger partial charge in [0.25, 0.3) is 5.91 Å². The quantitative estimate of drug-likeness (QED) is 0.728. The standard InChI is InChI=1S/C18H15ClN4OS/c19-14-6-1-2-7-15(14)23-9-4-10-25-18(23)22-17(24)13-11-21-16-12(13)5-3-8-20-16/h1-3,5-8,11H,4,9-10H2,(H,20,21). The SMILES string of the molecule is O=C(N=C1SCCCN1c1ccccc1Cl)c1c[nH]c2ncccc12. The Bertz CT molecular complexity index is 968. The first-order valence-electron chi connectivity index (χ1n) is 7.94. The summed E-state index contributed by atoms with van der Waals surface area (Å²) in [4.78, 5) is 26.4. The van der Waals surface area contributed by atoms with Crippen molar-refractivity contribution in [2.24, 2.45) is 4.99 Å². The summed E-state index contributed by atoms with van der Waals surface area (Å²) in [5, 5.41) is 2.12. The van der Waals surface area contributed by atoms with Gasteiger partial charge in [-0.3, -0.25) is 4.79 Å². The van der Waals surface area contributed by atoms with Gasteiger partial charge in [-0.05, 0) is 30.7 Å². The second kappa shape index (κ2) is 6.90. The minimum Gasteiger partial charge on any atom is -0.345 e. The van der Waals surface area contributed by atoms with Crippen LogP contribution in [-0.2, 0) is 0 Å². The fourth-order valence-electron chi connectivity index (χ4n) is 2.83. The number of nitrogens with one attached hydrogen (secondary N) is 1. The van der Waals surface area contributed by atoms with Gasteiger partial charge in [-0.1, -0.05) is 35.5 Å². The zero-order chi connectivity index (χ0) is 17.2. The topological polar surface area (TPSA) is 61.4 Å². The molecule has 2 aromatic heterocycles. The fourth-order valence-corrected chi connectivity index (χ4v) is 4.01. The van der Waals surface area contributed by atoms with E-state index in [2.05, 4.69) is 15.0 Å². The molecule has 0 aliphatic carbocycles. The number of benzene rings is 1. The zero-order valence-corrected chi connectivity index (χ0v) is 14.8. The summed E-state index contributed by atoms with van der Waals surface area (Å²) in [6.07, 6.45) is 4.37. The number of para-hydroxylation sites is 1. The summed E-state index contributed by atoms with van der Waals surface area (Å²) < 4.78 is 0. The Kier molecular flexibility index (Phi) is 4.46. The minimum absolute atomic E-state index is 0.277. The summed E-state index contributed by atoms with van der Waals surface area (Å²) in [5.74, 6) is 0.656. The molecule has 126 valence electrons. The molecule has 7 heteroatoms. The highest BCUT2D eigenvalue weighted by Crippen LogP contribution is 2.31. The number of aromatic nitrogens is 2. The van der Waals surface area contributed by atoms with Gasteiger partial charge in [0.15, 0.2) is 5.17 Å². The maximum Gasteiger partial charge on any atom is 0.281 e. The number of nitrogens with zero attached hydrogens (tertiary/aromatic N) is 3. The Labute approximate surface area is 154 Å². The molecule has 5 nitrogen and oxygen atoms in total. The van der Waals surface area contributed by atoms with Crippen LogP contribution in [0.4, 0.5) is 5.69 Å². The van der Waals surface area contributed by atoms with Crippen LogP contribution in [0, 0.1) is 0 Å². The zero-order valence-electron chi connectivity index (χ0n) is 13.3. The fraction of sp³-hybridized carbons (Fsp3) is 0.167. The first-order valence-corrected chi connectivity index (χ1v) is 9.30. The predicted molar refractivity (Wildman–Crippen MR) is 104 cm³/mol. The smallest absolute Gasteiger partial charge is 0.281 e. The van der Waals surface area contributed by atoms with Gasteiger partial charge in [-0.25, -0.2) is 4.98 Å². The lowest BCUT2D eigenvalue weighted by Crippen LogP contribution is -2.34. The molecular weight excluding hydrogens is 356 g/mol. The van der Waals surface area contributed by atoms with Crippen LogP contribution in [0.1, 0.15) is 16.8 Å². The molecule has 25 heavy (non-hydrogen) atoms. The first-order chi connectivity index (χ1) is 12.2. The lowest BCUT2D eigenvalue weighted by atomic mass is 10.2.